The second kappa shape index (κ2) is 4.97. The number of carbonyl (C=O) groups is 1. The van der Waals surface area contributed by atoms with Gasteiger partial charge in [0, 0.05) is 38.3 Å². The lowest BCUT2D eigenvalue weighted by Crippen LogP contribution is -2.45. The lowest BCUT2D eigenvalue weighted by atomic mass is 9.90. The first-order valence-corrected chi connectivity index (χ1v) is 6.35. The average Bonchev–Trinajstić information content (AvgIpc) is 3.03. The summed E-state index contributed by atoms with van der Waals surface area (Å²) in [6, 6.07) is 3.46. The lowest BCUT2D eigenvalue weighted by Gasteiger charge is -2.36. The van der Waals surface area contributed by atoms with Gasteiger partial charge in [0.1, 0.15) is 5.60 Å². The predicted molar refractivity (Wildman–Crippen MR) is 67.4 cm³/mol. The van der Waals surface area contributed by atoms with Gasteiger partial charge in [-0.1, -0.05) is 5.21 Å². The van der Waals surface area contributed by atoms with Crippen LogP contribution in [0.4, 0.5) is 0 Å². The Morgan fingerprint density at radius 1 is 1.40 bits per heavy atom. The molecule has 0 bridgehead atoms. The van der Waals surface area contributed by atoms with Gasteiger partial charge in [-0.2, -0.15) is 5.21 Å². The molecule has 2 aromatic heterocycles. The average molecular weight is 274 g/mol. The summed E-state index contributed by atoms with van der Waals surface area (Å²) in [7, 11) is 0. The quantitative estimate of drug-likeness (QED) is 0.779. The SMILES string of the molecule is O=C(c1cccnc1)N1CCC(O)(c2nn[nH]n2)CC1. The van der Waals surface area contributed by atoms with E-state index in [-0.39, 0.29) is 11.7 Å². The Balaban J connectivity index is 1.69. The number of piperidine rings is 1. The Labute approximate surface area is 114 Å². The normalized spacial score (nSPS) is 17.9. The minimum atomic E-state index is -1.11. The van der Waals surface area contributed by atoms with E-state index in [2.05, 4.69) is 25.6 Å². The number of aliphatic hydroxyl groups is 1. The number of tetrazole rings is 1. The van der Waals surface area contributed by atoms with Gasteiger partial charge in [0.05, 0.1) is 5.56 Å². The number of carbonyl (C=O) groups excluding carboxylic acids is 1. The first kappa shape index (κ1) is 12.7. The Bertz CT molecular complexity index is 577. The van der Waals surface area contributed by atoms with Crippen LogP contribution in [0, 0.1) is 0 Å². The maximum absolute atomic E-state index is 12.3. The molecule has 0 radical (unpaired) electrons. The fraction of sp³-hybridized carbons (Fsp3) is 0.417. The standard InChI is InChI=1S/C12H14N6O2/c19-10(9-2-1-5-13-8-9)18-6-3-12(20,4-7-18)11-14-16-17-15-11/h1-2,5,8,20H,3-4,6-7H2,(H,14,15,16,17). The van der Waals surface area contributed by atoms with Crippen LogP contribution in [0.5, 0.6) is 0 Å². The number of rotatable bonds is 2. The summed E-state index contributed by atoms with van der Waals surface area (Å²) in [6.45, 7) is 0.886. The van der Waals surface area contributed by atoms with Crippen LogP contribution in [0.1, 0.15) is 29.0 Å². The number of nitrogens with one attached hydrogen (secondary N) is 1. The predicted octanol–water partition coefficient (Wildman–Crippen LogP) is -0.282. The molecule has 2 N–H and O–H groups in total. The topological polar surface area (TPSA) is 108 Å². The van der Waals surface area contributed by atoms with Gasteiger partial charge in [0.25, 0.3) is 5.91 Å². The van der Waals surface area contributed by atoms with Crippen molar-refractivity contribution in [1.82, 2.24) is 30.5 Å². The van der Waals surface area contributed by atoms with Gasteiger partial charge in [-0.3, -0.25) is 9.78 Å². The first-order valence-electron chi connectivity index (χ1n) is 6.35. The summed E-state index contributed by atoms with van der Waals surface area (Å²) in [5, 5.41) is 23.9. The van der Waals surface area contributed by atoms with Crippen LogP contribution in [-0.2, 0) is 5.60 Å². The van der Waals surface area contributed by atoms with E-state index in [4.69, 9.17) is 0 Å². The van der Waals surface area contributed by atoms with E-state index in [1.165, 1.54) is 0 Å². The molecule has 0 saturated carbocycles. The Kier molecular flexibility index (Phi) is 3.15. The summed E-state index contributed by atoms with van der Waals surface area (Å²) in [5.41, 5.74) is -0.559. The van der Waals surface area contributed by atoms with Gasteiger partial charge in [-0.05, 0) is 12.1 Å². The largest absolute Gasteiger partial charge is 0.382 e. The molecule has 1 aliphatic heterocycles. The van der Waals surface area contributed by atoms with E-state index >= 15 is 0 Å². The van der Waals surface area contributed by atoms with Crippen molar-refractivity contribution in [2.45, 2.75) is 18.4 Å². The zero-order valence-electron chi connectivity index (χ0n) is 10.7. The minimum absolute atomic E-state index is 0.0757. The minimum Gasteiger partial charge on any atom is -0.382 e. The maximum Gasteiger partial charge on any atom is 0.255 e. The summed E-state index contributed by atoms with van der Waals surface area (Å²) in [4.78, 5) is 17.9. The van der Waals surface area contributed by atoms with E-state index in [9.17, 15) is 9.90 Å². The van der Waals surface area contributed by atoms with Crippen molar-refractivity contribution in [3.8, 4) is 0 Å². The van der Waals surface area contributed by atoms with Gasteiger partial charge >= 0.3 is 0 Å². The number of H-pyrrole nitrogens is 1. The fourth-order valence-electron chi connectivity index (χ4n) is 2.33. The molecule has 20 heavy (non-hydrogen) atoms. The van der Waals surface area contributed by atoms with Gasteiger partial charge in [-0.15, -0.1) is 10.2 Å². The Hall–Kier alpha value is -2.35. The number of aromatic nitrogens is 5. The van der Waals surface area contributed by atoms with Crippen molar-refractivity contribution < 1.29 is 9.90 Å². The summed E-state index contributed by atoms with van der Waals surface area (Å²) in [6.07, 6.45) is 3.95. The number of pyridine rings is 1. The molecule has 8 heteroatoms. The maximum atomic E-state index is 12.3. The third kappa shape index (κ3) is 2.25. The van der Waals surface area contributed by atoms with Crippen LogP contribution in [0.3, 0.4) is 0 Å². The number of aromatic amines is 1. The molecule has 104 valence electrons. The van der Waals surface area contributed by atoms with Crippen LogP contribution in [0.15, 0.2) is 24.5 Å². The molecular formula is C12H14N6O2. The molecule has 0 aromatic carbocycles. The monoisotopic (exact) mass is 274 g/mol. The Morgan fingerprint density at radius 3 is 2.80 bits per heavy atom. The molecule has 0 aliphatic carbocycles. The van der Waals surface area contributed by atoms with Gasteiger partial charge in [0.2, 0.25) is 5.82 Å². The van der Waals surface area contributed by atoms with Gasteiger partial charge in [-0.25, -0.2) is 0 Å². The molecule has 1 aliphatic rings. The molecule has 1 saturated heterocycles. The van der Waals surface area contributed by atoms with E-state index in [1.807, 2.05) is 0 Å². The van der Waals surface area contributed by atoms with Crippen LogP contribution < -0.4 is 0 Å². The second-order valence-corrected chi connectivity index (χ2v) is 4.80. The zero-order valence-corrected chi connectivity index (χ0v) is 10.7. The van der Waals surface area contributed by atoms with Gasteiger partial charge < -0.3 is 10.0 Å². The second-order valence-electron chi connectivity index (χ2n) is 4.80. The molecular weight excluding hydrogens is 260 g/mol. The number of amides is 1. The molecule has 3 rings (SSSR count). The van der Waals surface area contributed by atoms with Crippen molar-refractivity contribution >= 4 is 5.91 Å². The number of hydrogen-bond donors (Lipinski definition) is 2. The third-order valence-corrected chi connectivity index (χ3v) is 3.55. The highest BCUT2D eigenvalue weighted by Crippen LogP contribution is 2.30. The van der Waals surface area contributed by atoms with Crippen LogP contribution in [0.25, 0.3) is 0 Å². The first-order chi connectivity index (χ1) is 9.69. The third-order valence-electron chi connectivity index (χ3n) is 3.55. The smallest absolute Gasteiger partial charge is 0.255 e. The van der Waals surface area contributed by atoms with Crippen molar-refractivity contribution in [2.24, 2.45) is 0 Å². The number of nitrogens with zero attached hydrogens (tertiary/aromatic N) is 5. The highest BCUT2D eigenvalue weighted by Gasteiger charge is 2.38. The molecule has 1 fully saturated rings. The highest BCUT2D eigenvalue weighted by molar-refractivity contribution is 5.93. The summed E-state index contributed by atoms with van der Waals surface area (Å²) < 4.78 is 0. The van der Waals surface area contributed by atoms with Crippen molar-refractivity contribution in [3.05, 3.63) is 35.9 Å². The van der Waals surface area contributed by atoms with E-state index in [0.29, 0.717) is 31.5 Å². The van der Waals surface area contributed by atoms with E-state index < -0.39 is 5.60 Å². The van der Waals surface area contributed by atoms with Gasteiger partial charge in [0.15, 0.2) is 0 Å². The molecule has 1 amide bonds. The highest BCUT2D eigenvalue weighted by atomic mass is 16.3. The zero-order chi connectivity index (χ0) is 14.0. The van der Waals surface area contributed by atoms with Crippen molar-refractivity contribution in [2.75, 3.05) is 13.1 Å². The van der Waals surface area contributed by atoms with E-state index in [1.54, 1.807) is 29.4 Å². The fourth-order valence-corrected chi connectivity index (χ4v) is 2.33. The van der Waals surface area contributed by atoms with Crippen LogP contribution >= 0.6 is 0 Å². The molecule has 0 spiro atoms. The van der Waals surface area contributed by atoms with Crippen molar-refractivity contribution in [3.63, 3.8) is 0 Å². The summed E-state index contributed by atoms with van der Waals surface area (Å²) >= 11 is 0. The Morgan fingerprint density at radius 2 is 2.20 bits per heavy atom. The molecule has 0 atom stereocenters. The number of hydrogen-bond acceptors (Lipinski definition) is 6. The lowest BCUT2D eigenvalue weighted by molar-refractivity contribution is -0.0279. The molecule has 3 heterocycles. The van der Waals surface area contributed by atoms with E-state index in [0.717, 1.165) is 0 Å². The number of likely N-dealkylation sites (tertiary alicyclic amines) is 1. The molecule has 8 nitrogen and oxygen atoms in total. The molecule has 2 aromatic rings. The summed E-state index contributed by atoms with van der Waals surface area (Å²) in [5.74, 6) is 0.208. The molecule has 0 unspecified atom stereocenters. The van der Waals surface area contributed by atoms with Crippen molar-refractivity contribution in [1.29, 1.82) is 0 Å². The van der Waals surface area contributed by atoms with Crippen LogP contribution in [0.2, 0.25) is 0 Å². The van der Waals surface area contributed by atoms with Crippen LogP contribution in [-0.4, -0.2) is 54.6 Å².